The van der Waals surface area contributed by atoms with Gasteiger partial charge in [-0.3, -0.25) is 4.79 Å². The molecule has 2 unspecified atom stereocenters. The molecule has 1 saturated heterocycles. The number of nitrogens with zero attached hydrogens (tertiary/aromatic N) is 4. The maximum Gasteiger partial charge on any atom is 0.321 e. The number of carbonyl (C=O) groups is 2. The van der Waals surface area contributed by atoms with Crippen LogP contribution < -0.4 is 16.4 Å². The zero-order chi connectivity index (χ0) is 35.9. The Bertz CT molecular complexity index is 1640. The number of ether oxygens (including phenoxy) is 1. The lowest BCUT2D eigenvalue weighted by Crippen LogP contribution is -2.42. The van der Waals surface area contributed by atoms with Crippen molar-refractivity contribution in [2.75, 3.05) is 31.6 Å². The molecule has 2 atom stereocenters. The smallest absolute Gasteiger partial charge is 0.321 e. The quantitative estimate of drug-likeness (QED) is 0.161. The Morgan fingerprint density at radius 3 is 2.43 bits per heavy atom. The molecule has 0 aliphatic carbocycles. The highest BCUT2D eigenvalue weighted by Gasteiger charge is 2.32. The molecule has 1 fully saturated rings. The molecule has 1 aliphatic rings. The van der Waals surface area contributed by atoms with E-state index in [1.807, 2.05) is 42.5 Å². The Morgan fingerprint density at radius 2 is 1.86 bits per heavy atom. The fraction of sp³-hybridized carbons (Fsp3) is 0.368. The van der Waals surface area contributed by atoms with Crippen LogP contribution >= 0.6 is 11.6 Å². The molecule has 49 heavy (non-hydrogen) atoms. The molecule has 11 heteroatoms. The molecular formula is C38H48ClN7O3. The molecule has 3 aromatic rings. The predicted molar refractivity (Wildman–Crippen MR) is 197 cm³/mol. The highest BCUT2D eigenvalue weighted by Crippen LogP contribution is 2.42. The molecule has 0 bridgehead atoms. The number of halogens is 1. The molecule has 4 rings (SSSR count). The highest BCUT2D eigenvalue weighted by atomic mass is 35.5. The summed E-state index contributed by atoms with van der Waals surface area (Å²) in [5, 5.41) is 15.7. The van der Waals surface area contributed by atoms with Crippen molar-refractivity contribution in [2.45, 2.75) is 51.5 Å². The number of aromatic nitrogens is 2. The van der Waals surface area contributed by atoms with Gasteiger partial charge in [0.15, 0.2) is 0 Å². The van der Waals surface area contributed by atoms with Gasteiger partial charge in [0.1, 0.15) is 6.61 Å². The van der Waals surface area contributed by atoms with Crippen molar-refractivity contribution in [3.05, 3.63) is 114 Å². The summed E-state index contributed by atoms with van der Waals surface area (Å²) < 4.78 is 7.24. The first-order valence-electron chi connectivity index (χ1n) is 16.3. The molecule has 1 aliphatic heterocycles. The largest absolute Gasteiger partial charge is 0.405 e. The second-order valence-electron chi connectivity index (χ2n) is 12.2. The second-order valence-corrected chi connectivity index (χ2v) is 12.6. The van der Waals surface area contributed by atoms with Gasteiger partial charge in [-0.05, 0) is 111 Å². The van der Waals surface area contributed by atoms with E-state index in [-0.39, 0.29) is 30.5 Å². The number of rotatable bonds is 13. The molecule has 0 spiro atoms. The highest BCUT2D eigenvalue weighted by molar-refractivity contribution is 6.30. The number of urea groups is 1. The number of benzene rings is 2. The standard InChI is InChI=1S/C36H43ClN6O3.C2H5N/c1-6-46-22-35(44)41-33(34-21-39-23-42(34)5)18-25(4)31-19-28(37)9-12-30(31)32(17-24(2)3)27-13-15-43(16-14-27)36(45)40-29-10-7-26(20-38)8-11-29;1-2-3/h7-12,19,21,23,27,32-33H,2,4,6,13-18,22H2,1,3,5H3,(H,40,45)(H,41,44);2H,1,3H2. The number of carbonyl (C=O) groups excluding carboxylic acids is 2. The molecule has 2 aromatic carbocycles. The van der Waals surface area contributed by atoms with Crippen LogP contribution in [0.1, 0.15) is 73.9 Å². The van der Waals surface area contributed by atoms with Crippen LogP contribution in [0.4, 0.5) is 10.5 Å². The lowest BCUT2D eigenvalue weighted by Gasteiger charge is -2.37. The fourth-order valence-electron chi connectivity index (χ4n) is 6.12. The first-order valence-corrected chi connectivity index (χ1v) is 16.7. The summed E-state index contributed by atoms with van der Waals surface area (Å²) in [6, 6.07) is 14.4. The van der Waals surface area contributed by atoms with Crippen molar-refractivity contribution < 1.29 is 14.3 Å². The van der Waals surface area contributed by atoms with Crippen molar-refractivity contribution in [3.8, 4) is 6.07 Å². The third kappa shape index (κ3) is 11.4. The van der Waals surface area contributed by atoms with Crippen molar-refractivity contribution in [3.63, 3.8) is 0 Å². The number of likely N-dealkylation sites (tertiary alicyclic amines) is 1. The maximum absolute atomic E-state index is 13.1. The molecule has 3 amide bonds. The Kier molecular flexibility index (Phi) is 15.1. The van der Waals surface area contributed by atoms with Crippen LogP contribution in [0.2, 0.25) is 5.02 Å². The van der Waals surface area contributed by atoms with Crippen molar-refractivity contribution in [2.24, 2.45) is 18.7 Å². The normalized spacial score (nSPS) is 14.0. The summed E-state index contributed by atoms with van der Waals surface area (Å²) in [4.78, 5) is 31.9. The van der Waals surface area contributed by atoms with Crippen LogP contribution in [0.25, 0.3) is 5.57 Å². The predicted octanol–water partition coefficient (Wildman–Crippen LogP) is 7.32. The molecule has 260 valence electrons. The Hall–Kier alpha value is -4.85. The zero-order valence-corrected chi connectivity index (χ0v) is 29.5. The summed E-state index contributed by atoms with van der Waals surface area (Å²) in [6.45, 7) is 17.5. The van der Waals surface area contributed by atoms with Gasteiger partial charge >= 0.3 is 6.03 Å². The minimum Gasteiger partial charge on any atom is -0.405 e. The number of imidazole rings is 1. The van der Waals surface area contributed by atoms with Crippen LogP contribution in [0.3, 0.4) is 0 Å². The van der Waals surface area contributed by atoms with Gasteiger partial charge in [0.05, 0.1) is 35.9 Å². The molecule has 2 heterocycles. The summed E-state index contributed by atoms with van der Waals surface area (Å²) >= 11 is 6.57. The van der Waals surface area contributed by atoms with E-state index in [9.17, 15) is 9.59 Å². The van der Waals surface area contributed by atoms with Crippen LogP contribution in [0.5, 0.6) is 0 Å². The topological polar surface area (TPSA) is 138 Å². The average Bonchev–Trinajstić information content (AvgIpc) is 3.52. The van der Waals surface area contributed by atoms with Crippen molar-refractivity contribution in [1.82, 2.24) is 19.8 Å². The van der Waals surface area contributed by atoms with Crippen LogP contribution in [0, 0.1) is 17.2 Å². The van der Waals surface area contributed by atoms with Gasteiger partial charge in [-0.15, -0.1) is 6.58 Å². The number of allylic oxidation sites excluding steroid dienone is 1. The van der Waals surface area contributed by atoms with Gasteiger partial charge in [0.2, 0.25) is 5.91 Å². The van der Waals surface area contributed by atoms with Gasteiger partial charge in [-0.1, -0.05) is 36.4 Å². The number of amides is 3. The summed E-state index contributed by atoms with van der Waals surface area (Å²) in [6.07, 6.45) is 7.63. The van der Waals surface area contributed by atoms with E-state index in [0.29, 0.717) is 48.3 Å². The second kappa shape index (κ2) is 19.2. The van der Waals surface area contributed by atoms with Gasteiger partial charge in [0, 0.05) is 37.5 Å². The lowest BCUT2D eigenvalue weighted by atomic mass is 9.74. The Labute approximate surface area is 295 Å². The molecule has 0 saturated carbocycles. The van der Waals surface area contributed by atoms with E-state index < -0.39 is 0 Å². The van der Waals surface area contributed by atoms with E-state index in [1.54, 1.807) is 36.8 Å². The number of aryl methyl sites for hydroxylation is 1. The number of nitrogens with one attached hydrogen (secondary N) is 2. The number of anilines is 1. The van der Waals surface area contributed by atoms with Crippen molar-refractivity contribution in [1.29, 1.82) is 5.26 Å². The first kappa shape index (κ1) is 38.6. The minimum atomic E-state index is -0.364. The third-order valence-electron chi connectivity index (χ3n) is 8.46. The number of nitriles is 1. The zero-order valence-electron chi connectivity index (χ0n) is 28.8. The van der Waals surface area contributed by atoms with Crippen LogP contribution in [0.15, 0.2) is 86.5 Å². The van der Waals surface area contributed by atoms with E-state index in [1.165, 1.54) is 6.20 Å². The number of nitrogens with two attached hydrogens (primary N) is 1. The minimum absolute atomic E-state index is 0.0232. The number of hydrogen-bond acceptors (Lipinski definition) is 6. The van der Waals surface area contributed by atoms with E-state index >= 15 is 0 Å². The molecule has 10 nitrogen and oxygen atoms in total. The van der Waals surface area contributed by atoms with Gasteiger partial charge < -0.3 is 30.6 Å². The first-order chi connectivity index (χ1) is 23.5. The van der Waals surface area contributed by atoms with E-state index in [4.69, 9.17) is 21.6 Å². The van der Waals surface area contributed by atoms with Crippen molar-refractivity contribution >= 4 is 34.8 Å². The third-order valence-corrected chi connectivity index (χ3v) is 8.69. The number of hydrogen-bond donors (Lipinski definition) is 3. The van der Waals surface area contributed by atoms with E-state index in [0.717, 1.165) is 47.2 Å². The molecule has 1 aromatic heterocycles. The average molecular weight is 686 g/mol. The van der Waals surface area contributed by atoms with Gasteiger partial charge in [-0.2, -0.15) is 5.26 Å². The van der Waals surface area contributed by atoms with Crippen LogP contribution in [-0.2, 0) is 16.6 Å². The monoisotopic (exact) mass is 685 g/mol. The molecular weight excluding hydrogens is 638 g/mol. The van der Waals surface area contributed by atoms with Gasteiger partial charge in [-0.25, -0.2) is 9.78 Å². The van der Waals surface area contributed by atoms with Gasteiger partial charge in [0.25, 0.3) is 0 Å². The molecule has 0 radical (unpaired) electrons. The molecule has 4 N–H and O–H groups in total. The summed E-state index contributed by atoms with van der Waals surface area (Å²) in [7, 11) is 1.90. The summed E-state index contributed by atoms with van der Waals surface area (Å²) in [5.74, 6) is 0.248. The van der Waals surface area contributed by atoms with Crippen LogP contribution in [-0.4, -0.2) is 52.7 Å². The fourth-order valence-corrected chi connectivity index (χ4v) is 6.29. The Balaban J connectivity index is 0.00000209. The maximum atomic E-state index is 13.1. The Morgan fingerprint density at radius 1 is 1.18 bits per heavy atom. The number of piperidine rings is 1. The lowest BCUT2D eigenvalue weighted by molar-refractivity contribution is -0.126. The SMILES string of the molecule is C=C(C)CC(c1ccc(Cl)cc1C(=C)CC(NC(=O)COCC)c1cncn1C)C1CCN(C(=O)Nc2ccc(C#N)cc2)CC1.C=CN. The van der Waals surface area contributed by atoms with E-state index in [2.05, 4.69) is 53.2 Å². The summed E-state index contributed by atoms with van der Waals surface area (Å²) in [5.41, 5.74) is 10.7.